The maximum absolute atomic E-state index is 15.0. The predicted octanol–water partition coefficient (Wildman–Crippen LogP) is 0.351. The van der Waals surface area contributed by atoms with E-state index in [-0.39, 0.29) is 29.5 Å². The second-order valence-corrected chi connectivity index (χ2v) is 17.3. The van der Waals surface area contributed by atoms with Crippen LogP contribution in [0.1, 0.15) is 74.1 Å². The Balaban J connectivity index is 2.68. The summed E-state index contributed by atoms with van der Waals surface area (Å²) in [6.45, 7) is 4.82. The molecule has 0 bridgehead atoms. The van der Waals surface area contributed by atoms with E-state index in [1.54, 1.807) is 27.7 Å². The van der Waals surface area contributed by atoms with Gasteiger partial charge in [0.05, 0.1) is 24.3 Å². The maximum atomic E-state index is 15.0. The molecule has 24 heteroatoms. The molecule has 56 heavy (non-hydrogen) atoms. The second kappa shape index (κ2) is 21.4. The molecule has 5 atom stereocenters. The first-order valence-electron chi connectivity index (χ1n) is 17.1. The Labute approximate surface area is 320 Å². The smallest absolute Gasteiger partial charge is 0.380 e. The third-order valence-electron chi connectivity index (χ3n) is 7.83. The number of rotatable bonds is 23. The Hall–Kier alpha value is -4.08. The molecule has 0 spiro atoms. The van der Waals surface area contributed by atoms with E-state index in [4.69, 9.17) is 45.2 Å². The van der Waals surface area contributed by atoms with E-state index in [9.17, 15) is 52.8 Å². The summed E-state index contributed by atoms with van der Waals surface area (Å²) in [5.74, 6) is -5.14. The van der Waals surface area contributed by atoms with Crippen molar-refractivity contribution < 1.29 is 71.2 Å². The Morgan fingerprint density at radius 3 is 1.45 bits per heavy atom. The molecule has 0 saturated carbocycles. The van der Waals surface area contributed by atoms with Crippen LogP contribution in [0.15, 0.2) is 46.2 Å². The maximum Gasteiger partial charge on any atom is 0.380 e. The first kappa shape index (κ1) is 48.1. The number of aliphatic hydroxyl groups is 1. The van der Waals surface area contributed by atoms with Gasteiger partial charge in [-0.25, -0.2) is 9.59 Å². The largest absolute Gasteiger partial charge is 0.464 e. The van der Waals surface area contributed by atoms with E-state index < -0.39 is 119 Å². The first-order valence-corrected chi connectivity index (χ1v) is 20.3. The molecule has 0 aliphatic heterocycles. The Bertz CT molecular complexity index is 1710. The summed E-state index contributed by atoms with van der Waals surface area (Å²) < 4.78 is 59.9. The number of nitrogens with two attached hydrogens (primary N) is 3. The van der Waals surface area contributed by atoms with Crippen LogP contribution in [0, 0.1) is 11.8 Å². The molecule has 2 heterocycles. The summed E-state index contributed by atoms with van der Waals surface area (Å²) in [7, 11) is -12.0. The van der Waals surface area contributed by atoms with Crippen molar-refractivity contribution in [3.05, 3.63) is 68.5 Å². The van der Waals surface area contributed by atoms with E-state index in [1.165, 1.54) is 0 Å². The highest BCUT2D eigenvalue weighted by Crippen LogP contribution is 2.75. The lowest BCUT2D eigenvalue weighted by Gasteiger charge is -2.37. The first-order chi connectivity index (χ1) is 26.0. The van der Waals surface area contributed by atoms with Gasteiger partial charge < -0.3 is 61.0 Å². The van der Waals surface area contributed by atoms with Gasteiger partial charge in [-0.3, -0.25) is 37.4 Å². The Morgan fingerprint density at radius 2 is 1.14 bits per heavy atom. The lowest BCUT2D eigenvalue weighted by atomic mass is 10.1. The van der Waals surface area contributed by atoms with E-state index >= 15 is 0 Å². The van der Waals surface area contributed by atoms with Gasteiger partial charge in [-0.1, -0.05) is 27.7 Å². The molecule has 0 amide bonds. The summed E-state index contributed by atoms with van der Waals surface area (Å²) in [5.41, 5.74) is 15.4. The summed E-state index contributed by atoms with van der Waals surface area (Å²) in [6, 6.07) is 1.76. The zero-order chi connectivity index (χ0) is 42.4. The van der Waals surface area contributed by atoms with Crippen molar-refractivity contribution >= 4 is 39.1 Å². The van der Waals surface area contributed by atoms with Crippen LogP contribution in [0.4, 0.5) is 0 Å². The summed E-state index contributed by atoms with van der Waals surface area (Å²) in [4.78, 5) is 99.8. The van der Waals surface area contributed by atoms with Gasteiger partial charge in [0, 0.05) is 43.8 Å². The van der Waals surface area contributed by atoms with Gasteiger partial charge in [0.2, 0.25) is 23.7 Å². The highest BCUT2D eigenvalue weighted by Gasteiger charge is 2.64. The second-order valence-electron chi connectivity index (χ2n) is 12.9. The zero-order valence-corrected chi connectivity index (χ0v) is 32.9. The van der Waals surface area contributed by atoms with Crippen molar-refractivity contribution in [2.75, 3.05) is 19.8 Å². The van der Waals surface area contributed by atoms with Crippen molar-refractivity contribution in [3.8, 4) is 0 Å². The van der Waals surface area contributed by atoms with Gasteiger partial charge in [-0.05, 0) is 36.9 Å². The van der Waals surface area contributed by atoms with E-state index in [0.29, 0.717) is 0 Å². The van der Waals surface area contributed by atoms with Gasteiger partial charge in [-0.15, -0.1) is 0 Å². The van der Waals surface area contributed by atoms with Crippen molar-refractivity contribution in [2.24, 2.45) is 29.0 Å². The summed E-state index contributed by atoms with van der Waals surface area (Å²) in [5, 5.41) is 7.86. The summed E-state index contributed by atoms with van der Waals surface area (Å²) >= 11 is 0. The minimum atomic E-state index is -6.06. The Morgan fingerprint density at radius 1 is 0.750 bits per heavy atom. The van der Waals surface area contributed by atoms with Crippen molar-refractivity contribution in [1.82, 2.24) is 9.97 Å². The van der Waals surface area contributed by atoms with E-state index in [1.807, 2.05) is 0 Å². The van der Waals surface area contributed by atoms with Crippen molar-refractivity contribution in [2.45, 2.75) is 83.1 Å². The molecule has 2 aromatic heterocycles. The molecule has 2 rings (SSSR count). The number of nitrogens with one attached hydrogen (secondary N) is 2. The standard InChI is InChI=1S/C32H49N5O17P2/c1-18(2)26(34)30(42)49-14-10-24(51-28(40)20-6-8-22(38)36-16-20)53-56(48,32(44,12-5-13-33)55(45,46)47)54-25(11-15-50-31(43)27(35)19(3)4)52-29(41)21-7-9-23(39)37-17-21/h6-9,16-19,24-27,44H,5,10-15,33-35H2,1-4H3,(H,36,38)(H,37,39)(H2,45,46,47)/t24?,25?,26-,27-,32?,56?/m0/s1. The quantitative estimate of drug-likeness (QED) is 0.0324. The molecule has 11 N–H and O–H groups in total. The summed E-state index contributed by atoms with van der Waals surface area (Å²) in [6.07, 6.45) is -5.58. The highest BCUT2D eigenvalue weighted by molar-refractivity contribution is 7.73. The van der Waals surface area contributed by atoms with Gasteiger partial charge >= 0.3 is 39.1 Å². The number of hydrogen-bond donors (Lipinski definition) is 8. The van der Waals surface area contributed by atoms with Crippen LogP contribution in [-0.2, 0) is 46.7 Å². The molecule has 0 aliphatic carbocycles. The predicted molar refractivity (Wildman–Crippen MR) is 194 cm³/mol. The number of aromatic amines is 2. The molecule has 314 valence electrons. The fraction of sp³-hybridized carbons (Fsp3) is 0.562. The minimum absolute atomic E-state index is 0.310. The molecule has 0 fully saturated rings. The number of carbonyl (C=O) groups excluding carboxylic acids is 4. The van der Waals surface area contributed by atoms with Crippen LogP contribution in [-0.4, -0.2) is 98.2 Å². The van der Waals surface area contributed by atoms with E-state index in [0.717, 1.165) is 36.7 Å². The molecule has 0 aliphatic rings. The molecule has 0 saturated heterocycles. The van der Waals surface area contributed by atoms with Crippen molar-refractivity contribution in [3.63, 3.8) is 0 Å². The van der Waals surface area contributed by atoms with Crippen LogP contribution >= 0.6 is 15.2 Å². The molecule has 22 nitrogen and oxygen atoms in total. The molecule has 2 aromatic rings. The van der Waals surface area contributed by atoms with E-state index in [2.05, 4.69) is 9.97 Å². The average molecular weight is 838 g/mol. The molecule has 0 aromatic carbocycles. The monoisotopic (exact) mass is 837 g/mol. The van der Waals surface area contributed by atoms with Crippen LogP contribution in [0.3, 0.4) is 0 Å². The lowest BCUT2D eigenvalue weighted by Crippen LogP contribution is -2.39. The third kappa shape index (κ3) is 13.8. The van der Waals surface area contributed by atoms with Crippen LogP contribution in [0.5, 0.6) is 0 Å². The molecular formula is C32H49N5O17P2. The normalized spacial score (nSPS) is 16.1. The van der Waals surface area contributed by atoms with Crippen LogP contribution < -0.4 is 28.3 Å². The number of carbonyl (C=O) groups is 4. The molecular weight excluding hydrogens is 788 g/mol. The van der Waals surface area contributed by atoms with Crippen LogP contribution in [0.25, 0.3) is 0 Å². The fourth-order valence-corrected chi connectivity index (χ4v) is 7.99. The number of esters is 4. The fourth-order valence-electron chi connectivity index (χ4n) is 4.25. The van der Waals surface area contributed by atoms with Crippen molar-refractivity contribution in [1.29, 1.82) is 0 Å². The van der Waals surface area contributed by atoms with Gasteiger partial charge in [0.25, 0.3) is 5.08 Å². The third-order valence-corrected chi connectivity index (χ3v) is 12.6. The highest BCUT2D eigenvalue weighted by atomic mass is 31.2. The average Bonchev–Trinajstić information content (AvgIpc) is 3.12. The minimum Gasteiger partial charge on any atom is -0.464 e. The number of hydrogen-bond acceptors (Lipinski definition) is 18. The molecule has 0 radical (unpaired) electrons. The van der Waals surface area contributed by atoms with Gasteiger partial charge in [0.15, 0.2) is 0 Å². The number of aromatic nitrogens is 2. The molecule has 3 unspecified atom stereocenters. The lowest BCUT2D eigenvalue weighted by molar-refractivity contribution is -0.149. The van der Waals surface area contributed by atoms with Gasteiger partial charge in [0.1, 0.15) is 12.1 Å². The van der Waals surface area contributed by atoms with Gasteiger partial charge in [-0.2, -0.15) is 0 Å². The Kier molecular flexibility index (Phi) is 18.4. The topological polar surface area (TPSA) is 362 Å². The van der Waals surface area contributed by atoms with Crippen LogP contribution in [0.2, 0.25) is 0 Å². The number of ether oxygens (including phenoxy) is 4. The SMILES string of the molecule is CC(C)[C@H](N)C(=O)OCCC(OC(=O)c1ccc(=O)[nH]c1)OP(=O)(OC(CCOC(=O)[C@@H](N)C(C)C)OC(=O)c1ccc(=O)[nH]c1)C(O)(CCCN)P(=O)(O)O. The number of H-pyrrole nitrogens is 2. The number of pyridine rings is 2. The zero-order valence-electron chi connectivity index (χ0n) is 31.1.